The van der Waals surface area contributed by atoms with Gasteiger partial charge in [-0.2, -0.15) is 0 Å². The normalized spacial score (nSPS) is 33.3. The highest BCUT2D eigenvalue weighted by Crippen LogP contribution is 2.22. The number of aliphatic hydroxyl groups is 4. The zero-order chi connectivity index (χ0) is 15.7. The minimum Gasteiger partial charge on any atom is -0.394 e. The molecule has 0 saturated carbocycles. The molecule has 0 aromatic heterocycles. The van der Waals surface area contributed by atoms with Gasteiger partial charge in [0.05, 0.1) is 6.61 Å². The van der Waals surface area contributed by atoms with Gasteiger partial charge in [-0.1, -0.05) is 45.4 Å². The fourth-order valence-corrected chi connectivity index (χ4v) is 2.46. The molecule has 1 aliphatic heterocycles. The van der Waals surface area contributed by atoms with Crippen LogP contribution in [0.3, 0.4) is 0 Å². The van der Waals surface area contributed by atoms with Gasteiger partial charge in [0, 0.05) is 6.61 Å². The molecule has 0 aromatic rings. The Labute approximate surface area is 126 Å². The van der Waals surface area contributed by atoms with Crippen LogP contribution in [0.2, 0.25) is 0 Å². The topological polar surface area (TPSA) is 99.4 Å². The summed E-state index contributed by atoms with van der Waals surface area (Å²) >= 11 is 0. The quantitative estimate of drug-likeness (QED) is 0.440. The summed E-state index contributed by atoms with van der Waals surface area (Å²) in [7, 11) is 0. The van der Waals surface area contributed by atoms with E-state index in [1.807, 2.05) is 0 Å². The second kappa shape index (κ2) is 10.5. The van der Waals surface area contributed by atoms with E-state index in [-0.39, 0.29) is 0 Å². The minimum atomic E-state index is -1.37. The number of hydrogen-bond donors (Lipinski definition) is 4. The molecule has 6 heteroatoms. The van der Waals surface area contributed by atoms with Crippen molar-refractivity contribution < 1.29 is 29.9 Å². The van der Waals surface area contributed by atoms with Gasteiger partial charge in [0.15, 0.2) is 6.29 Å². The molecule has 6 nitrogen and oxygen atoms in total. The van der Waals surface area contributed by atoms with Crippen molar-refractivity contribution in [2.45, 2.75) is 82.6 Å². The maximum atomic E-state index is 9.78. The van der Waals surface area contributed by atoms with Gasteiger partial charge in [0.1, 0.15) is 24.4 Å². The monoisotopic (exact) mass is 306 g/mol. The van der Waals surface area contributed by atoms with Gasteiger partial charge >= 0.3 is 0 Å². The van der Waals surface area contributed by atoms with Crippen molar-refractivity contribution in [1.29, 1.82) is 0 Å². The highest BCUT2D eigenvalue weighted by Gasteiger charge is 2.43. The van der Waals surface area contributed by atoms with E-state index in [1.165, 1.54) is 25.7 Å². The van der Waals surface area contributed by atoms with Gasteiger partial charge in [-0.05, 0) is 6.42 Å². The van der Waals surface area contributed by atoms with Crippen LogP contribution in [0.5, 0.6) is 0 Å². The van der Waals surface area contributed by atoms with Gasteiger partial charge in [0.25, 0.3) is 0 Å². The molecule has 0 amide bonds. The SMILES string of the molecule is CCCCCCCCCO[C@H]1O[C@@H](CO)[C@@H](O)[C@@H](O)[C@H]1O. The zero-order valence-electron chi connectivity index (χ0n) is 12.9. The predicted octanol–water partition coefficient (Wildman–Crippen LogP) is 0.553. The van der Waals surface area contributed by atoms with Crippen molar-refractivity contribution in [2.24, 2.45) is 0 Å². The van der Waals surface area contributed by atoms with Crippen LogP contribution in [-0.4, -0.2) is 64.3 Å². The van der Waals surface area contributed by atoms with Crippen LogP contribution in [0.4, 0.5) is 0 Å². The van der Waals surface area contributed by atoms with Crippen molar-refractivity contribution >= 4 is 0 Å². The Balaban J connectivity index is 2.16. The molecule has 1 fully saturated rings. The summed E-state index contributed by atoms with van der Waals surface area (Å²) in [5, 5.41) is 38.1. The number of hydrogen-bond acceptors (Lipinski definition) is 6. The molecule has 5 atom stereocenters. The summed E-state index contributed by atoms with van der Waals surface area (Å²) < 4.78 is 10.7. The molecule has 0 aliphatic carbocycles. The van der Waals surface area contributed by atoms with E-state index in [0.717, 1.165) is 19.3 Å². The Bertz CT molecular complexity index is 261. The summed E-state index contributed by atoms with van der Waals surface area (Å²) in [6.45, 7) is 2.19. The van der Waals surface area contributed by atoms with Gasteiger partial charge in [-0.3, -0.25) is 0 Å². The Hall–Kier alpha value is -0.240. The molecule has 4 N–H and O–H groups in total. The third kappa shape index (κ3) is 6.18. The molecule has 0 aromatic carbocycles. The molecule has 0 spiro atoms. The summed E-state index contributed by atoms with van der Waals surface area (Å²) in [6, 6.07) is 0. The van der Waals surface area contributed by atoms with Crippen molar-refractivity contribution in [3.8, 4) is 0 Å². The van der Waals surface area contributed by atoms with Gasteiger partial charge < -0.3 is 29.9 Å². The van der Waals surface area contributed by atoms with E-state index < -0.39 is 37.3 Å². The smallest absolute Gasteiger partial charge is 0.186 e. The van der Waals surface area contributed by atoms with E-state index >= 15 is 0 Å². The van der Waals surface area contributed by atoms with Crippen LogP contribution < -0.4 is 0 Å². The first-order valence-corrected chi connectivity index (χ1v) is 8.04. The van der Waals surface area contributed by atoms with E-state index in [4.69, 9.17) is 14.6 Å². The van der Waals surface area contributed by atoms with Gasteiger partial charge in [0.2, 0.25) is 0 Å². The lowest BCUT2D eigenvalue weighted by Gasteiger charge is -2.39. The lowest BCUT2D eigenvalue weighted by molar-refractivity contribution is -0.301. The highest BCUT2D eigenvalue weighted by molar-refractivity contribution is 4.88. The molecule has 21 heavy (non-hydrogen) atoms. The Morgan fingerprint density at radius 1 is 0.857 bits per heavy atom. The molecule has 1 rings (SSSR count). The summed E-state index contributed by atoms with van der Waals surface area (Å²) in [5.41, 5.74) is 0. The first-order chi connectivity index (χ1) is 10.1. The summed E-state index contributed by atoms with van der Waals surface area (Å²) in [5.74, 6) is 0. The first kappa shape index (κ1) is 18.8. The number of ether oxygens (including phenoxy) is 2. The average Bonchev–Trinajstić information content (AvgIpc) is 2.49. The highest BCUT2D eigenvalue weighted by atomic mass is 16.7. The Morgan fingerprint density at radius 3 is 2.10 bits per heavy atom. The standard InChI is InChI=1S/C15H30O6/c1-2-3-4-5-6-7-8-9-20-15-14(19)13(18)12(17)11(10-16)21-15/h11-19H,2-10H2,1H3/t11-,12+,13+,14+,15-/m0/s1. The van der Waals surface area contributed by atoms with Gasteiger partial charge in [-0.25, -0.2) is 0 Å². The van der Waals surface area contributed by atoms with Crippen LogP contribution in [0, 0.1) is 0 Å². The Kier molecular flexibility index (Phi) is 9.39. The minimum absolute atomic E-state index is 0.427. The third-order valence-corrected chi connectivity index (χ3v) is 3.88. The van der Waals surface area contributed by atoms with Crippen molar-refractivity contribution in [2.75, 3.05) is 13.2 Å². The maximum Gasteiger partial charge on any atom is 0.186 e. The van der Waals surface area contributed by atoms with Crippen LogP contribution >= 0.6 is 0 Å². The third-order valence-electron chi connectivity index (χ3n) is 3.88. The lowest BCUT2D eigenvalue weighted by atomic mass is 9.99. The lowest BCUT2D eigenvalue weighted by Crippen LogP contribution is -2.59. The number of aliphatic hydroxyl groups excluding tert-OH is 4. The second-order valence-corrected chi connectivity index (χ2v) is 5.69. The summed E-state index contributed by atoms with van der Waals surface area (Å²) in [4.78, 5) is 0. The first-order valence-electron chi connectivity index (χ1n) is 8.04. The largest absolute Gasteiger partial charge is 0.394 e. The molecule has 0 unspecified atom stereocenters. The number of unbranched alkanes of at least 4 members (excludes halogenated alkanes) is 6. The molecular weight excluding hydrogens is 276 g/mol. The van der Waals surface area contributed by atoms with Crippen LogP contribution in [0.25, 0.3) is 0 Å². The predicted molar refractivity (Wildman–Crippen MR) is 77.7 cm³/mol. The fourth-order valence-electron chi connectivity index (χ4n) is 2.46. The van der Waals surface area contributed by atoms with E-state index in [1.54, 1.807) is 0 Å². The van der Waals surface area contributed by atoms with Gasteiger partial charge in [-0.15, -0.1) is 0 Å². The Morgan fingerprint density at radius 2 is 1.48 bits per heavy atom. The van der Waals surface area contributed by atoms with Crippen LogP contribution in [0.1, 0.15) is 51.9 Å². The average molecular weight is 306 g/mol. The zero-order valence-corrected chi connectivity index (χ0v) is 12.9. The molecule has 1 saturated heterocycles. The van der Waals surface area contributed by atoms with Crippen LogP contribution in [-0.2, 0) is 9.47 Å². The second-order valence-electron chi connectivity index (χ2n) is 5.69. The van der Waals surface area contributed by atoms with E-state index in [2.05, 4.69) is 6.92 Å². The van der Waals surface area contributed by atoms with E-state index in [9.17, 15) is 15.3 Å². The number of rotatable bonds is 10. The van der Waals surface area contributed by atoms with Crippen molar-refractivity contribution in [1.82, 2.24) is 0 Å². The molecule has 1 aliphatic rings. The summed E-state index contributed by atoms with van der Waals surface area (Å²) in [6.07, 6.45) is 2.20. The molecule has 1 heterocycles. The fraction of sp³-hybridized carbons (Fsp3) is 1.00. The molecular formula is C15H30O6. The maximum absolute atomic E-state index is 9.78. The van der Waals surface area contributed by atoms with E-state index in [0.29, 0.717) is 6.61 Å². The van der Waals surface area contributed by atoms with Crippen molar-refractivity contribution in [3.63, 3.8) is 0 Å². The van der Waals surface area contributed by atoms with Crippen LogP contribution in [0.15, 0.2) is 0 Å². The molecule has 0 bridgehead atoms. The molecule has 126 valence electrons. The van der Waals surface area contributed by atoms with Crippen molar-refractivity contribution in [3.05, 3.63) is 0 Å². The molecule has 0 radical (unpaired) electrons.